The normalized spacial score (nSPS) is 14.9. The van der Waals surface area contributed by atoms with Crippen molar-refractivity contribution >= 4 is 10.3 Å². The molecule has 0 aliphatic rings. The molecule has 4 nitrogen and oxygen atoms in total. The van der Waals surface area contributed by atoms with Crippen molar-refractivity contribution in [2.45, 2.75) is 45.6 Å². The van der Waals surface area contributed by atoms with Crippen molar-refractivity contribution in [2.75, 3.05) is 12.9 Å². The van der Waals surface area contributed by atoms with Crippen LogP contribution in [0, 0.1) is 17.2 Å². The number of nitrogens with zero attached hydrogens (tertiary/aromatic N) is 1. The maximum Gasteiger partial charge on any atom is 0.166 e. The lowest BCUT2D eigenvalue weighted by Crippen LogP contribution is -2.17. The van der Waals surface area contributed by atoms with Gasteiger partial charge in [0.2, 0.25) is 0 Å². The molecule has 0 radical (unpaired) electrons. The van der Waals surface area contributed by atoms with Gasteiger partial charge in [-0.05, 0) is 42.0 Å². The number of rotatable bonds is 9. The number of benzene rings is 2. The van der Waals surface area contributed by atoms with Crippen molar-refractivity contribution in [3.8, 4) is 5.75 Å². The Morgan fingerprint density at radius 1 is 0.926 bits per heavy atom. The van der Waals surface area contributed by atoms with Crippen molar-refractivity contribution in [2.24, 2.45) is 10.8 Å². The minimum atomic E-state index is -1.74. The lowest BCUT2D eigenvalue weighted by atomic mass is 9.94. The van der Waals surface area contributed by atoms with Gasteiger partial charge in [0.1, 0.15) is 5.75 Å². The van der Waals surface area contributed by atoms with Gasteiger partial charge in [0, 0.05) is 17.3 Å². The van der Waals surface area contributed by atoms with E-state index in [4.69, 9.17) is 9.02 Å². The average Bonchev–Trinajstić information content (AvgIpc) is 2.62. The summed E-state index contributed by atoms with van der Waals surface area (Å²) >= 11 is 0. The summed E-state index contributed by atoms with van der Waals surface area (Å²) in [5.41, 5.74) is 3.70. The molecule has 0 aromatic heterocycles. The van der Waals surface area contributed by atoms with Crippen molar-refractivity contribution in [1.29, 1.82) is 0 Å². The highest BCUT2D eigenvalue weighted by atomic mass is 32.3. The van der Waals surface area contributed by atoms with Crippen LogP contribution in [0.4, 0.5) is 0 Å². The van der Waals surface area contributed by atoms with E-state index in [1.54, 1.807) is 7.11 Å². The molecular weight excluding hydrogens is 358 g/mol. The van der Waals surface area contributed by atoms with E-state index in [0.717, 1.165) is 29.2 Å². The molecule has 1 unspecified atom stereocenters. The van der Waals surface area contributed by atoms with Gasteiger partial charge < -0.3 is 9.02 Å². The van der Waals surface area contributed by atoms with Crippen LogP contribution in [0.2, 0.25) is 0 Å². The molecule has 2 aromatic carbocycles. The fourth-order valence-corrected chi connectivity index (χ4v) is 6.14. The molecule has 0 bridgehead atoms. The molecule has 0 fully saturated rings. The largest absolute Gasteiger partial charge is 0.497 e. The van der Waals surface area contributed by atoms with Crippen LogP contribution in [0.25, 0.3) is 0 Å². The molecule has 5 heteroatoms. The summed E-state index contributed by atoms with van der Waals surface area (Å²) in [6.07, 6.45) is 0.972. The minimum absolute atomic E-state index is 0.164. The van der Waals surface area contributed by atoms with Crippen LogP contribution in [-0.4, -0.2) is 12.9 Å². The molecule has 27 heavy (non-hydrogen) atoms. The Labute approximate surface area is 164 Å². The standard InChI is InChI=1S/C22H31NO3S/c1-18-6-8-19(9-7-18)16-27(26-23-24,15-14-22(2,3)4)17-20-10-12-21(25-5)13-11-20/h6-13H,14-17H2,1-5H3. The second-order valence-electron chi connectivity index (χ2n) is 8.25. The third kappa shape index (κ3) is 6.90. The van der Waals surface area contributed by atoms with Crippen LogP contribution < -0.4 is 4.74 Å². The smallest absolute Gasteiger partial charge is 0.166 e. The maximum atomic E-state index is 11.2. The molecule has 0 aliphatic heterocycles. The predicted octanol–water partition coefficient (Wildman–Crippen LogP) is 6.56. The molecule has 148 valence electrons. The highest BCUT2D eigenvalue weighted by Crippen LogP contribution is 2.57. The van der Waals surface area contributed by atoms with E-state index in [1.165, 1.54) is 11.1 Å². The Morgan fingerprint density at radius 2 is 1.44 bits per heavy atom. The van der Waals surface area contributed by atoms with Crippen LogP contribution in [0.5, 0.6) is 5.75 Å². The maximum absolute atomic E-state index is 11.2. The molecule has 0 saturated heterocycles. The SMILES string of the molecule is COc1ccc(CS(CCC(C)(C)C)(Cc2ccc(C)cc2)ON=O)cc1. The van der Waals surface area contributed by atoms with Gasteiger partial charge >= 0.3 is 0 Å². The second kappa shape index (κ2) is 9.27. The molecule has 0 amide bonds. The van der Waals surface area contributed by atoms with E-state index >= 15 is 0 Å². The van der Waals surface area contributed by atoms with E-state index in [1.807, 2.05) is 24.3 Å². The second-order valence-corrected chi connectivity index (χ2v) is 11.3. The van der Waals surface area contributed by atoms with E-state index < -0.39 is 10.3 Å². The summed E-state index contributed by atoms with van der Waals surface area (Å²) in [4.78, 5) is 11.2. The van der Waals surface area contributed by atoms with Gasteiger partial charge in [0.25, 0.3) is 0 Å². The van der Waals surface area contributed by atoms with E-state index in [0.29, 0.717) is 5.75 Å². The number of ether oxygens (including phenoxy) is 1. The molecule has 0 N–H and O–H groups in total. The Morgan fingerprint density at radius 3 is 1.89 bits per heavy atom. The molecule has 0 aliphatic carbocycles. The Bertz CT molecular complexity index is 723. The Kier molecular flexibility index (Phi) is 7.31. The van der Waals surface area contributed by atoms with Gasteiger partial charge in [-0.1, -0.05) is 73.0 Å². The summed E-state index contributed by atoms with van der Waals surface area (Å²) < 4.78 is 10.9. The first-order chi connectivity index (χ1) is 12.8. The zero-order valence-electron chi connectivity index (χ0n) is 17.0. The molecule has 0 spiro atoms. The van der Waals surface area contributed by atoms with Crippen LogP contribution in [0.1, 0.15) is 43.9 Å². The molecule has 1 atom stereocenters. The number of methoxy groups -OCH3 is 1. The molecular formula is C22H31NO3S. The van der Waals surface area contributed by atoms with Crippen LogP contribution >= 0.6 is 10.3 Å². The third-order valence-electron chi connectivity index (χ3n) is 4.55. The monoisotopic (exact) mass is 389 g/mol. The third-order valence-corrected chi connectivity index (χ3v) is 7.60. The predicted molar refractivity (Wildman–Crippen MR) is 115 cm³/mol. The van der Waals surface area contributed by atoms with Gasteiger partial charge in [-0.15, -0.1) is 4.91 Å². The average molecular weight is 390 g/mol. The van der Waals surface area contributed by atoms with Crippen LogP contribution in [0.15, 0.2) is 53.9 Å². The van der Waals surface area contributed by atoms with Gasteiger partial charge in [-0.3, -0.25) is 0 Å². The highest BCUT2D eigenvalue weighted by molar-refractivity contribution is 8.28. The lowest BCUT2D eigenvalue weighted by Gasteiger charge is -2.37. The molecule has 0 heterocycles. The molecule has 0 saturated carbocycles. The Hall–Kier alpha value is -2.01. The summed E-state index contributed by atoms with van der Waals surface area (Å²) in [6, 6.07) is 16.4. The Balaban J connectivity index is 2.32. The van der Waals surface area contributed by atoms with Crippen molar-refractivity contribution in [1.82, 2.24) is 0 Å². The van der Waals surface area contributed by atoms with Gasteiger partial charge in [0.15, 0.2) is 5.34 Å². The van der Waals surface area contributed by atoms with Gasteiger partial charge in [-0.25, -0.2) is 0 Å². The van der Waals surface area contributed by atoms with Crippen molar-refractivity contribution in [3.63, 3.8) is 0 Å². The minimum Gasteiger partial charge on any atom is -0.497 e. The molecule has 2 aromatic rings. The first-order valence-corrected chi connectivity index (χ1v) is 11.3. The van der Waals surface area contributed by atoms with Crippen molar-refractivity contribution in [3.05, 3.63) is 70.1 Å². The van der Waals surface area contributed by atoms with Gasteiger partial charge in [0.05, 0.1) is 7.11 Å². The van der Waals surface area contributed by atoms with E-state index in [2.05, 4.69) is 57.3 Å². The zero-order chi connectivity index (χ0) is 19.9. The number of hydrogen-bond donors (Lipinski definition) is 0. The summed E-state index contributed by atoms with van der Waals surface area (Å²) in [7, 11) is -0.0808. The van der Waals surface area contributed by atoms with E-state index in [9.17, 15) is 4.91 Å². The zero-order valence-corrected chi connectivity index (χ0v) is 17.8. The van der Waals surface area contributed by atoms with Crippen LogP contribution in [-0.2, 0) is 15.8 Å². The fraction of sp³-hybridized carbons (Fsp3) is 0.455. The summed E-state index contributed by atoms with van der Waals surface area (Å²) in [6.45, 7) is 8.71. The first kappa shape index (κ1) is 21.3. The van der Waals surface area contributed by atoms with E-state index in [-0.39, 0.29) is 5.41 Å². The highest BCUT2D eigenvalue weighted by Gasteiger charge is 2.30. The topological polar surface area (TPSA) is 47.9 Å². The van der Waals surface area contributed by atoms with Crippen molar-refractivity contribution < 1.29 is 9.02 Å². The summed E-state index contributed by atoms with van der Waals surface area (Å²) in [5, 5.41) is 2.91. The fourth-order valence-electron chi connectivity index (χ4n) is 2.86. The van der Waals surface area contributed by atoms with Gasteiger partial charge in [-0.2, -0.15) is 0 Å². The number of aryl methyl sites for hydroxylation is 1. The van der Waals surface area contributed by atoms with Crippen LogP contribution in [0.3, 0.4) is 0 Å². The lowest BCUT2D eigenvalue weighted by molar-refractivity contribution is 0.359. The first-order valence-electron chi connectivity index (χ1n) is 9.21. The molecule has 2 rings (SSSR count). The quantitative estimate of drug-likeness (QED) is 0.360. The summed E-state index contributed by atoms with van der Waals surface area (Å²) in [5.74, 6) is 3.08. The number of hydrogen-bond acceptors (Lipinski definition) is 4.